The molecule has 0 saturated heterocycles. The van der Waals surface area contributed by atoms with Crippen LogP contribution in [0, 0.1) is 17.2 Å². The maximum Gasteiger partial charge on any atom is 0.328 e. The summed E-state index contributed by atoms with van der Waals surface area (Å²) in [5.41, 5.74) is 0.715. The Hall–Kier alpha value is -2.35. The predicted octanol–water partition coefficient (Wildman–Crippen LogP) is 1.78. The van der Waals surface area contributed by atoms with Gasteiger partial charge < -0.3 is 10.0 Å². The highest BCUT2D eigenvalue weighted by Crippen LogP contribution is 2.18. The fourth-order valence-corrected chi connectivity index (χ4v) is 1.56. The molecule has 0 aliphatic heterocycles. The van der Waals surface area contributed by atoms with Gasteiger partial charge >= 0.3 is 5.97 Å². The molecule has 0 aliphatic rings. The van der Waals surface area contributed by atoms with Crippen molar-refractivity contribution in [3.8, 4) is 6.07 Å². The lowest BCUT2D eigenvalue weighted by atomic mass is 10.1. The number of nitrogens with zero attached hydrogens (tertiary/aromatic N) is 3. The summed E-state index contributed by atoms with van der Waals surface area (Å²) in [5.74, 6) is -0.455. The molecule has 1 rings (SSSR count). The summed E-state index contributed by atoms with van der Waals surface area (Å²) in [5, 5.41) is 17.4. The number of aromatic nitrogens is 1. The third kappa shape index (κ3) is 3.91. The molecule has 1 N–H and O–H groups in total. The summed E-state index contributed by atoms with van der Waals surface area (Å²) >= 11 is 0. The molecule has 0 radical (unpaired) electrons. The Labute approximate surface area is 106 Å². The number of rotatable bonds is 5. The van der Waals surface area contributed by atoms with Crippen molar-refractivity contribution in [1.82, 2.24) is 4.98 Å². The molecule has 5 nitrogen and oxygen atoms in total. The van der Waals surface area contributed by atoms with Crippen LogP contribution in [-0.4, -0.2) is 29.7 Å². The van der Waals surface area contributed by atoms with Crippen LogP contribution in [-0.2, 0) is 4.79 Å². The van der Waals surface area contributed by atoms with Gasteiger partial charge in [0.25, 0.3) is 0 Å². The molecule has 0 fully saturated rings. The van der Waals surface area contributed by atoms with Crippen molar-refractivity contribution in [1.29, 1.82) is 5.26 Å². The van der Waals surface area contributed by atoms with Gasteiger partial charge in [-0.25, -0.2) is 9.78 Å². The zero-order valence-electron chi connectivity index (χ0n) is 10.4. The van der Waals surface area contributed by atoms with Crippen LogP contribution in [0.5, 0.6) is 0 Å². The number of nitriles is 1. The van der Waals surface area contributed by atoms with Gasteiger partial charge in [0.05, 0.1) is 12.0 Å². The standard InChI is InChI=1S/C13H15N3O2/c1-10(8-14)9-16(2)13-11(4-3-7-15-13)5-6-12(17)18/h3-7,10H,9H2,1-2H3,(H,17,18)/b6-5+. The highest BCUT2D eigenvalue weighted by Gasteiger charge is 2.10. The summed E-state index contributed by atoms with van der Waals surface area (Å²) in [4.78, 5) is 16.6. The molecule has 0 aliphatic carbocycles. The van der Waals surface area contributed by atoms with E-state index in [1.807, 2.05) is 18.9 Å². The second-order valence-corrected chi connectivity index (χ2v) is 4.00. The molecule has 0 saturated carbocycles. The van der Waals surface area contributed by atoms with Gasteiger partial charge in [-0.05, 0) is 25.1 Å². The van der Waals surface area contributed by atoms with Crippen LogP contribution < -0.4 is 4.90 Å². The minimum Gasteiger partial charge on any atom is -0.478 e. The van der Waals surface area contributed by atoms with Crippen molar-refractivity contribution >= 4 is 17.9 Å². The molecule has 1 heterocycles. The van der Waals surface area contributed by atoms with E-state index in [0.29, 0.717) is 17.9 Å². The van der Waals surface area contributed by atoms with Crippen LogP contribution in [0.1, 0.15) is 12.5 Å². The van der Waals surface area contributed by atoms with E-state index < -0.39 is 5.97 Å². The van der Waals surface area contributed by atoms with Crippen LogP contribution in [0.2, 0.25) is 0 Å². The summed E-state index contributed by atoms with van der Waals surface area (Å²) < 4.78 is 0. The monoisotopic (exact) mass is 245 g/mol. The minimum atomic E-state index is -1.00. The van der Waals surface area contributed by atoms with Gasteiger partial charge in [-0.3, -0.25) is 0 Å². The summed E-state index contributed by atoms with van der Waals surface area (Å²) in [6, 6.07) is 5.68. The number of pyridine rings is 1. The normalized spacial score (nSPS) is 12.1. The minimum absolute atomic E-state index is 0.117. The molecule has 18 heavy (non-hydrogen) atoms. The van der Waals surface area contributed by atoms with Gasteiger partial charge in [-0.1, -0.05) is 0 Å². The third-order valence-corrected chi connectivity index (χ3v) is 2.35. The van der Waals surface area contributed by atoms with Crippen LogP contribution in [0.3, 0.4) is 0 Å². The number of carbonyl (C=O) groups is 1. The number of carboxylic acid groups (broad SMARTS) is 1. The highest BCUT2D eigenvalue weighted by atomic mass is 16.4. The second kappa shape index (κ2) is 6.40. The first-order valence-corrected chi connectivity index (χ1v) is 5.51. The zero-order valence-corrected chi connectivity index (χ0v) is 10.4. The summed E-state index contributed by atoms with van der Waals surface area (Å²) in [7, 11) is 1.83. The van der Waals surface area contributed by atoms with E-state index in [9.17, 15) is 4.79 Å². The van der Waals surface area contributed by atoms with Gasteiger partial charge in [0.15, 0.2) is 0 Å². The number of anilines is 1. The Morgan fingerprint density at radius 1 is 1.72 bits per heavy atom. The Balaban J connectivity index is 2.95. The third-order valence-electron chi connectivity index (χ3n) is 2.35. The predicted molar refractivity (Wildman–Crippen MR) is 69.0 cm³/mol. The quantitative estimate of drug-likeness (QED) is 0.800. The number of aliphatic carboxylic acids is 1. The first-order chi connectivity index (χ1) is 8.54. The average molecular weight is 245 g/mol. The van der Waals surface area contributed by atoms with Crippen LogP contribution in [0.4, 0.5) is 5.82 Å². The molecular formula is C13H15N3O2. The lowest BCUT2D eigenvalue weighted by Crippen LogP contribution is -2.24. The zero-order chi connectivity index (χ0) is 13.5. The second-order valence-electron chi connectivity index (χ2n) is 4.00. The smallest absolute Gasteiger partial charge is 0.328 e. The van der Waals surface area contributed by atoms with E-state index in [4.69, 9.17) is 10.4 Å². The number of hydrogen-bond acceptors (Lipinski definition) is 4. The van der Waals surface area contributed by atoms with Crippen LogP contribution >= 0.6 is 0 Å². The SMILES string of the molecule is CC(C#N)CN(C)c1ncccc1/C=C/C(=O)O. The van der Waals surface area contributed by atoms with Gasteiger partial charge in [0.2, 0.25) is 0 Å². The van der Waals surface area contributed by atoms with E-state index in [2.05, 4.69) is 11.1 Å². The Kier molecular flexibility index (Phi) is 4.88. The molecule has 94 valence electrons. The molecule has 1 unspecified atom stereocenters. The molecule has 1 atom stereocenters. The molecular weight excluding hydrogens is 230 g/mol. The molecule has 0 spiro atoms. The fourth-order valence-electron chi connectivity index (χ4n) is 1.56. The van der Waals surface area contributed by atoms with Gasteiger partial charge in [-0.15, -0.1) is 0 Å². The van der Waals surface area contributed by atoms with E-state index in [1.54, 1.807) is 18.3 Å². The maximum absolute atomic E-state index is 10.5. The Morgan fingerprint density at radius 2 is 2.44 bits per heavy atom. The van der Waals surface area contributed by atoms with Gasteiger partial charge in [0, 0.05) is 31.4 Å². The first kappa shape index (κ1) is 13.7. The number of carboxylic acids is 1. The molecule has 1 aromatic heterocycles. The lowest BCUT2D eigenvalue weighted by molar-refractivity contribution is -0.131. The largest absolute Gasteiger partial charge is 0.478 e. The summed E-state index contributed by atoms with van der Waals surface area (Å²) in [6.07, 6.45) is 4.21. The Morgan fingerprint density at radius 3 is 3.06 bits per heavy atom. The van der Waals surface area contributed by atoms with Crippen molar-refractivity contribution in [3.63, 3.8) is 0 Å². The van der Waals surface area contributed by atoms with Gasteiger partial charge in [-0.2, -0.15) is 5.26 Å². The van der Waals surface area contributed by atoms with Crippen LogP contribution in [0.25, 0.3) is 6.08 Å². The molecule has 5 heteroatoms. The van der Waals surface area contributed by atoms with Crippen LogP contribution in [0.15, 0.2) is 24.4 Å². The fraction of sp³-hybridized carbons (Fsp3) is 0.308. The van der Waals surface area contributed by atoms with Crippen molar-refractivity contribution < 1.29 is 9.90 Å². The number of hydrogen-bond donors (Lipinski definition) is 1. The molecule has 0 bridgehead atoms. The molecule has 1 aromatic rings. The molecule has 0 amide bonds. The van der Waals surface area contributed by atoms with Crippen molar-refractivity contribution in [3.05, 3.63) is 30.0 Å². The van der Waals surface area contributed by atoms with E-state index in [1.165, 1.54) is 6.08 Å². The van der Waals surface area contributed by atoms with Crippen molar-refractivity contribution in [2.24, 2.45) is 5.92 Å². The maximum atomic E-state index is 10.5. The topological polar surface area (TPSA) is 77.2 Å². The van der Waals surface area contributed by atoms with Gasteiger partial charge in [0.1, 0.15) is 5.82 Å². The molecule has 0 aromatic carbocycles. The van der Waals surface area contributed by atoms with Crippen molar-refractivity contribution in [2.45, 2.75) is 6.92 Å². The van der Waals surface area contributed by atoms with E-state index in [-0.39, 0.29) is 5.92 Å². The van der Waals surface area contributed by atoms with Crippen molar-refractivity contribution in [2.75, 3.05) is 18.5 Å². The average Bonchev–Trinajstić information content (AvgIpc) is 2.36. The lowest BCUT2D eigenvalue weighted by Gasteiger charge is -2.20. The van der Waals surface area contributed by atoms with E-state index in [0.717, 1.165) is 6.08 Å². The first-order valence-electron chi connectivity index (χ1n) is 5.51. The Bertz CT molecular complexity index is 491. The highest BCUT2D eigenvalue weighted by molar-refractivity contribution is 5.86. The van der Waals surface area contributed by atoms with E-state index >= 15 is 0 Å². The summed E-state index contributed by atoms with van der Waals surface area (Å²) in [6.45, 7) is 2.37.